The first kappa shape index (κ1) is 15.7. The minimum absolute atomic E-state index is 0.297. The second-order valence-corrected chi connectivity index (χ2v) is 6.42. The van der Waals surface area contributed by atoms with Crippen molar-refractivity contribution in [3.05, 3.63) is 35.9 Å². The summed E-state index contributed by atoms with van der Waals surface area (Å²) in [6.07, 6.45) is 3.23. The number of amides is 4. The van der Waals surface area contributed by atoms with Crippen LogP contribution in [0.15, 0.2) is 30.3 Å². The number of quaternary nitrogens is 1. The van der Waals surface area contributed by atoms with Crippen LogP contribution in [-0.2, 0) is 16.0 Å². The Labute approximate surface area is 135 Å². The predicted molar refractivity (Wildman–Crippen MR) is 83.4 cm³/mol. The number of benzene rings is 1. The van der Waals surface area contributed by atoms with Crippen molar-refractivity contribution in [2.75, 3.05) is 26.8 Å². The van der Waals surface area contributed by atoms with E-state index in [1.807, 2.05) is 6.07 Å². The molecule has 6 nitrogen and oxygen atoms in total. The number of nitrogens with zero attached hydrogens (tertiary/aromatic N) is 2. The third-order valence-electron chi connectivity index (χ3n) is 4.81. The van der Waals surface area contributed by atoms with E-state index in [9.17, 15) is 14.4 Å². The third kappa shape index (κ3) is 3.27. The zero-order valence-corrected chi connectivity index (χ0v) is 13.3. The first-order chi connectivity index (χ1) is 11.1. The van der Waals surface area contributed by atoms with Crippen molar-refractivity contribution in [3.8, 4) is 0 Å². The summed E-state index contributed by atoms with van der Waals surface area (Å²) in [6, 6.07) is 9.96. The van der Waals surface area contributed by atoms with Crippen molar-refractivity contribution >= 4 is 17.8 Å². The lowest BCUT2D eigenvalue weighted by Crippen LogP contribution is -3.14. The highest BCUT2D eigenvalue weighted by molar-refractivity contribution is 6.44. The van der Waals surface area contributed by atoms with Crippen molar-refractivity contribution in [1.82, 2.24) is 9.80 Å². The molecule has 0 spiro atoms. The molecule has 0 atom stereocenters. The van der Waals surface area contributed by atoms with Crippen LogP contribution in [0.5, 0.6) is 0 Å². The van der Waals surface area contributed by atoms with Gasteiger partial charge in [-0.15, -0.1) is 0 Å². The van der Waals surface area contributed by atoms with Crippen molar-refractivity contribution < 1.29 is 19.3 Å². The van der Waals surface area contributed by atoms with Gasteiger partial charge in [-0.05, 0) is 30.7 Å². The van der Waals surface area contributed by atoms with Crippen LogP contribution >= 0.6 is 0 Å². The normalized spacial score (nSPS) is 25.3. The molecule has 0 unspecified atom stereocenters. The molecule has 0 saturated carbocycles. The summed E-state index contributed by atoms with van der Waals surface area (Å²) in [7, 11) is 1.35. The number of urea groups is 1. The molecule has 2 heterocycles. The lowest BCUT2D eigenvalue weighted by molar-refractivity contribution is -0.913. The number of nitrogens with one attached hydrogen (secondary N) is 1. The van der Waals surface area contributed by atoms with E-state index in [4.69, 9.17) is 0 Å². The monoisotopic (exact) mass is 316 g/mol. The maximum atomic E-state index is 11.9. The summed E-state index contributed by atoms with van der Waals surface area (Å²) in [5, 5.41) is 0. The molecule has 0 aromatic heterocycles. The van der Waals surface area contributed by atoms with Gasteiger partial charge in [0, 0.05) is 7.05 Å². The molecule has 1 aromatic rings. The number of likely N-dealkylation sites (tertiary alicyclic amines) is 1. The fraction of sp³-hybridized carbons (Fsp3) is 0.471. The fourth-order valence-corrected chi connectivity index (χ4v) is 3.37. The van der Waals surface area contributed by atoms with Gasteiger partial charge in [-0.25, -0.2) is 9.69 Å². The molecule has 0 radical (unpaired) electrons. The molecule has 6 heteroatoms. The zero-order chi connectivity index (χ0) is 16.4. The summed E-state index contributed by atoms with van der Waals surface area (Å²) < 4.78 is 0. The highest BCUT2D eigenvalue weighted by atomic mass is 16.2. The van der Waals surface area contributed by atoms with Gasteiger partial charge in [-0.3, -0.25) is 14.5 Å². The maximum Gasteiger partial charge on any atom is 0.338 e. The van der Waals surface area contributed by atoms with Crippen LogP contribution in [0, 0.1) is 5.92 Å². The van der Waals surface area contributed by atoms with Crippen molar-refractivity contribution in [2.24, 2.45) is 5.92 Å². The summed E-state index contributed by atoms with van der Waals surface area (Å²) >= 11 is 0. The molecule has 2 fully saturated rings. The van der Waals surface area contributed by atoms with E-state index in [1.165, 1.54) is 17.5 Å². The number of hydrogen-bond donors (Lipinski definition) is 1. The third-order valence-corrected chi connectivity index (χ3v) is 4.81. The molecule has 23 heavy (non-hydrogen) atoms. The molecule has 1 aromatic carbocycles. The van der Waals surface area contributed by atoms with Crippen molar-refractivity contribution in [2.45, 2.75) is 19.3 Å². The molecule has 2 aliphatic heterocycles. The predicted octanol–water partition coefficient (Wildman–Crippen LogP) is -0.0979. The molecule has 0 bridgehead atoms. The molecule has 2 aliphatic rings. The Kier molecular flexibility index (Phi) is 4.43. The number of rotatable bonds is 4. The van der Waals surface area contributed by atoms with Gasteiger partial charge >= 0.3 is 17.8 Å². The van der Waals surface area contributed by atoms with Crippen LogP contribution in [0.4, 0.5) is 4.79 Å². The lowest BCUT2D eigenvalue weighted by atomic mass is 9.90. The number of likely N-dealkylation sites (N-methyl/N-ethyl adjacent to an activating group) is 1. The lowest BCUT2D eigenvalue weighted by Gasteiger charge is -2.30. The molecular formula is C17H22N3O3+. The molecule has 1 N–H and O–H groups in total. The molecule has 3 rings (SSSR count). The topological polar surface area (TPSA) is 62.1 Å². The van der Waals surface area contributed by atoms with Crippen LogP contribution < -0.4 is 4.90 Å². The van der Waals surface area contributed by atoms with Crippen LogP contribution in [0.25, 0.3) is 0 Å². The van der Waals surface area contributed by atoms with Gasteiger partial charge in [0.05, 0.1) is 13.1 Å². The summed E-state index contributed by atoms with van der Waals surface area (Å²) in [6.45, 7) is 2.14. The van der Waals surface area contributed by atoms with E-state index >= 15 is 0 Å². The minimum atomic E-state index is -0.728. The Balaban J connectivity index is 1.51. The molecule has 122 valence electrons. The highest BCUT2D eigenvalue weighted by Crippen LogP contribution is 2.16. The van der Waals surface area contributed by atoms with Crippen molar-refractivity contribution in [3.63, 3.8) is 0 Å². The maximum absolute atomic E-state index is 11.9. The second kappa shape index (κ2) is 6.50. The van der Waals surface area contributed by atoms with Crippen LogP contribution in [0.2, 0.25) is 0 Å². The summed E-state index contributed by atoms with van der Waals surface area (Å²) in [5.74, 6) is -0.778. The standard InChI is InChI=1S/C17H21N3O3/c1-18-15(21)16(22)20(17(18)23)12-19-9-7-14(8-10-19)11-13-5-3-2-4-6-13/h2-6,14H,7-12H2,1H3/p+1. The van der Waals surface area contributed by atoms with E-state index < -0.39 is 17.8 Å². The average molecular weight is 316 g/mol. The van der Waals surface area contributed by atoms with Gasteiger partial charge in [-0.2, -0.15) is 0 Å². The smallest absolute Gasteiger partial charge is 0.317 e. The fourth-order valence-electron chi connectivity index (χ4n) is 3.37. The van der Waals surface area contributed by atoms with Crippen LogP contribution in [0.3, 0.4) is 0 Å². The van der Waals surface area contributed by atoms with Gasteiger partial charge in [0.15, 0.2) is 6.67 Å². The highest BCUT2D eigenvalue weighted by Gasteiger charge is 2.44. The zero-order valence-electron chi connectivity index (χ0n) is 13.3. The Bertz CT molecular complexity index is 609. The average Bonchev–Trinajstić information content (AvgIpc) is 2.75. The Morgan fingerprint density at radius 1 is 1.04 bits per heavy atom. The molecule has 4 amide bonds. The molecular weight excluding hydrogens is 294 g/mol. The van der Waals surface area contributed by atoms with Gasteiger partial charge in [-0.1, -0.05) is 30.3 Å². The van der Waals surface area contributed by atoms with Crippen LogP contribution in [0.1, 0.15) is 18.4 Å². The number of carbonyl (C=O) groups is 3. The van der Waals surface area contributed by atoms with Crippen molar-refractivity contribution in [1.29, 1.82) is 0 Å². The van der Waals surface area contributed by atoms with E-state index in [2.05, 4.69) is 24.3 Å². The van der Waals surface area contributed by atoms with Gasteiger partial charge in [0.25, 0.3) is 0 Å². The summed E-state index contributed by atoms with van der Waals surface area (Å²) in [5.41, 5.74) is 1.36. The Hall–Kier alpha value is -2.21. The molecule has 0 aliphatic carbocycles. The minimum Gasteiger partial charge on any atom is -0.317 e. The largest absolute Gasteiger partial charge is 0.338 e. The number of piperidine rings is 1. The van der Waals surface area contributed by atoms with E-state index in [-0.39, 0.29) is 0 Å². The van der Waals surface area contributed by atoms with Gasteiger partial charge in [0.2, 0.25) is 0 Å². The Morgan fingerprint density at radius 3 is 2.26 bits per heavy atom. The molecule has 2 saturated heterocycles. The quantitative estimate of drug-likeness (QED) is 0.623. The van der Waals surface area contributed by atoms with Gasteiger partial charge < -0.3 is 4.90 Å². The second-order valence-electron chi connectivity index (χ2n) is 6.42. The SMILES string of the molecule is CN1C(=O)C(=O)N(C[NH+]2CCC(Cc3ccccc3)CC2)C1=O. The first-order valence-electron chi connectivity index (χ1n) is 8.07. The number of carbonyl (C=O) groups excluding carboxylic acids is 3. The first-order valence-corrected chi connectivity index (χ1v) is 8.07. The Morgan fingerprint density at radius 2 is 1.70 bits per heavy atom. The van der Waals surface area contributed by atoms with E-state index in [0.717, 1.165) is 42.2 Å². The van der Waals surface area contributed by atoms with Gasteiger partial charge in [0.1, 0.15) is 0 Å². The van der Waals surface area contributed by atoms with E-state index in [1.54, 1.807) is 0 Å². The number of imide groups is 2. The van der Waals surface area contributed by atoms with Crippen LogP contribution in [-0.4, -0.2) is 54.5 Å². The number of hydrogen-bond acceptors (Lipinski definition) is 3. The summed E-state index contributed by atoms with van der Waals surface area (Å²) in [4.78, 5) is 38.4. The van der Waals surface area contributed by atoms with E-state index in [0.29, 0.717) is 12.6 Å².